The second-order valence-corrected chi connectivity index (χ2v) is 4.12. The monoisotopic (exact) mass is 197 g/mol. The smallest absolute Gasteiger partial charge is 0.000806 e. The third-order valence-electron chi connectivity index (χ3n) is 2.13. The summed E-state index contributed by atoms with van der Waals surface area (Å²) in [6, 6.07) is 2.21. The molecule has 0 spiro atoms. The van der Waals surface area contributed by atoms with E-state index in [4.69, 9.17) is 0 Å². The molecule has 0 saturated heterocycles. The topological polar surface area (TPSA) is 12.0 Å². The van der Waals surface area contributed by atoms with Crippen molar-refractivity contribution >= 4 is 11.3 Å². The Bertz CT molecular complexity index is 194. The highest BCUT2D eigenvalue weighted by atomic mass is 32.1. The fraction of sp³-hybridized carbons (Fsp3) is 0.636. The molecule has 2 heteroatoms. The Labute approximate surface area is 85.2 Å². The average Bonchev–Trinajstić information content (AvgIpc) is 2.63. The SMILES string of the molecule is CCCCCNCCc1ccsc1. The van der Waals surface area contributed by atoms with Crippen LogP contribution in [0.25, 0.3) is 0 Å². The lowest BCUT2D eigenvalue weighted by Crippen LogP contribution is -2.18. The molecule has 0 aliphatic carbocycles. The normalized spacial score (nSPS) is 10.5. The van der Waals surface area contributed by atoms with Gasteiger partial charge >= 0.3 is 0 Å². The van der Waals surface area contributed by atoms with Gasteiger partial charge in [0.1, 0.15) is 0 Å². The minimum Gasteiger partial charge on any atom is -0.316 e. The number of unbranched alkanes of at least 4 members (excludes halogenated alkanes) is 2. The van der Waals surface area contributed by atoms with Crippen LogP contribution < -0.4 is 5.32 Å². The van der Waals surface area contributed by atoms with Crippen LogP contribution in [0.15, 0.2) is 16.8 Å². The van der Waals surface area contributed by atoms with Crippen molar-refractivity contribution in [3.8, 4) is 0 Å². The van der Waals surface area contributed by atoms with Crippen LogP contribution in [0, 0.1) is 0 Å². The largest absolute Gasteiger partial charge is 0.316 e. The minimum absolute atomic E-state index is 1.13. The van der Waals surface area contributed by atoms with E-state index in [-0.39, 0.29) is 0 Å². The van der Waals surface area contributed by atoms with Crippen LogP contribution in [0.4, 0.5) is 0 Å². The van der Waals surface area contributed by atoms with Crippen molar-refractivity contribution in [2.45, 2.75) is 32.6 Å². The number of hydrogen-bond acceptors (Lipinski definition) is 2. The maximum absolute atomic E-state index is 3.46. The first-order chi connectivity index (χ1) is 6.43. The molecule has 0 aliphatic heterocycles. The van der Waals surface area contributed by atoms with Gasteiger partial charge in [-0.25, -0.2) is 0 Å². The third kappa shape index (κ3) is 5.06. The highest BCUT2D eigenvalue weighted by molar-refractivity contribution is 7.07. The van der Waals surface area contributed by atoms with Crippen molar-refractivity contribution in [2.75, 3.05) is 13.1 Å². The Morgan fingerprint density at radius 1 is 1.31 bits per heavy atom. The van der Waals surface area contributed by atoms with E-state index in [0.29, 0.717) is 0 Å². The molecule has 0 saturated carbocycles. The van der Waals surface area contributed by atoms with E-state index in [1.807, 2.05) is 0 Å². The molecule has 1 nitrogen and oxygen atoms in total. The fourth-order valence-electron chi connectivity index (χ4n) is 1.29. The third-order valence-corrected chi connectivity index (χ3v) is 2.86. The van der Waals surface area contributed by atoms with E-state index >= 15 is 0 Å². The summed E-state index contributed by atoms with van der Waals surface area (Å²) in [6.07, 6.45) is 5.16. The highest BCUT2D eigenvalue weighted by Crippen LogP contribution is 2.05. The summed E-state index contributed by atoms with van der Waals surface area (Å²) < 4.78 is 0. The van der Waals surface area contributed by atoms with Crippen molar-refractivity contribution in [2.24, 2.45) is 0 Å². The summed E-state index contributed by atoms with van der Waals surface area (Å²) in [7, 11) is 0. The molecule has 0 fully saturated rings. The molecule has 1 rings (SSSR count). The van der Waals surface area contributed by atoms with E-state index in [1.165, 1.54) is 37.8 Å². The molecule has 1 N–H and O–H groups in total. The van der Waals surface area contributed by atoms with Gasteiger partial charge in [-0.05, 0) is 48.3 Å². The lowest BCUT2D eigenvalue weighted by Gasteiger charge is -2.02. The van der Waals surface area contributed by atoms with Gasteiger partial charge in [-0.1, -0.05) is 19.8 Å². The molecule has 1 aromatic rings. The van der Waals surface area contributed by atoms with Gasteiger partial charge in [0, 0.05) is 0 Å². The van der Waals surface area contributed by atoms with Crippen LogP contribution in [0.3, 0.4) is 0 Å². The van der Waals surface area contributed by atoms with Crippen LogP contribution >= 0.6 is 11.3 Å². The molecule has 0 unspecified atom stereocenters. The first kappa shape index (κ1) is 10.7. The van der Waals surface area contributed by atoms with E-state index in [0.717, 1.165) is 6.54 Å². The molecule has 0 radical (unpaired) electrons. The molecule has 1 heterocycles. The van der Waals surface area contributed by atoms with Crippen molar-refractivity contribution in [1.82, 2.24) is 5.32 Å². The maximum Gasteiger partial charge on any atom is -0.000806 e. The summed E-state index contributed by atoms with van der Waals surface area (Å²) in [5.41, 5.74) is 1.47. The number of rotatable bonds is 7. The van der Waals surface area contributed by atoms with E-state index in [1.54, 1.807) is 11.3 Å². The highest BCUT2D eigenvalue weighted by Gasteiger charge is 1.92. The second kappa shape index (κ2) is 7.10. The Morgan fingerprint density at radius 3 is 2.92 bits per heavy atom. The van der Waals surface area contributed by atoms with Crippen molar-refractivity contribution in [1.29, 1.82) is 0 Å². The van der Waals surface area contributed by atoms with Gasteiger partial charge in [0.15, 0.2) is 0 Å². The summed E-state index contributed by atoms with van der Waals surface area (Å²) in [6.45, 7) is 4.55. The molecule has 0 atom stereocenters. The Hall–Kier alpha value is -0.340. The van der Waals surface area contributed by atoms with Gasteiger partial charge in [0.25, 0.3) is 0 Å². The Kier molecular flexibility index (Phi) is 5.87. The standard InChI is InChI=1S/C11H19NS/c1-2-3-4-7-12-8-5-11-6-9-13-10-11/h6,9-10,12H,2-5,7-8H2,1H3. The van der Waals surface area contributed by atoms with Gasteiger partial charge in [0.2, 0.25) is 0 Å². The molecule has 74 valence electrons. The summed E-state index contributed by atoms with van der Waals surface area (Å²) in [5, 5.41) is 7.84. The lowest BCUT2D eigenvalue weighted by atomic mass is 10.2. The maximum atomic E-state index is 3.46. The van der Waals surface area contributed by atoms with Gasteiger partial charge in [0.05, 0.1) is 0 Å². The second-order valence-electron chi connectivity index (χ2n) is 3.34. The first-order valence-electron chi connectivity index (χ1n) is 5.15. The van der Waals surface area contributed by atoms with Crippen LogP contribution in [0.1, 0.15) is 31.7 Å². The zero-order valence-electron chi connectivity index (χ0n) is 8.38. The van der Waals surface area contributed by atoms with Crippen LogP contribution in [0.5, 0.6) is 0 Å². The number of nitrogens with one attached hydrogen (secondary N) is 1. The van der Waals surface area contributed by atoms with E-state index < -0.39 is 0 Å². The van der Waals surface area contributed by atoms with E-state index in [9.17, 15) is 0 Å². The van der Waals surface area contributed by atoms with Gasteiger partial charge in [-0.2, -0.15) is 11.3 Å². The Morgan fingerprint density at radius 2 is 2.23 bits per heavy atom. The molecular weight excluding hydrogens is 178 g/mol. The van der Waals surface area contributed by atoms with Gasteiger partial charge < -0.3 is 5.32 Å². The number of hydrogen-bond donors (Lipinski definition) is 1. The molecule has 0 aromatic carbocycles. The minimum atomic E-state index is 1.13. The fourth-order valence-corrected chi connectivity index (χ4v) is 2.00. The summed E-state index contributed by atoms with van der Waals surface area (Å²) in [4.78, 5) is 0. The predicted molar refractivity (Wildman–Crippen MR) is 60.4 cm³/mol. The van der Waals surface area contributed by atoms with Gasteiger partial charge in [-0.3, -0.25) is 0 Å². The van der Waals surface area contributed by atoms with Crippen molar-refractivity contribution in [3.05, 3.63) is 22.4 Å². The molecular formula is C11H19NS. The molecule has 0 aliphatic rings. The van der Waals surface area contributed by atoms with Gasteiger partial charge in [-0.15, -0.1) is 0 Å². The zero-order chi connectivity index (χ0) is 9.36. The zero-order valence-corrected chi connectivity index (χ0v) is 9.20. The molecule has 0 bridgehead atoms. The lowest BCUT2D eigenvalue weighted by molar-refractivity contribution is 0.617. The first-order valence-corrected chi connectivity index (χ1v) is 6.09. The number of thiophene rings is 1. The summed E-state index contributed by atoms with van der Waals surface area (Å²) >= 11 is 1.78. The average molecular weight is 197 g/mol. The summed E-state index contributed by atoms with van der Waals surface area (Å²) in [5.74, 6) is 0. The van der Waals surface area contributed by atoms with E-state index in [2.05, 4.69) is 29.1 Å². The quantitative estimate of drug-likeness (QED) is 0.662. The van der Waals surface area contributed by atoms with Crippen molar-refractivity contribution < 1.29 is 0 Å². The van der Waals surface area contributed by atoms with Crippen molar-refractivity contribution in [3.63, 3.8) is 0 Å². The van der Waals surface area contributed by atoms with Crippen LogP contribution in [-0.4, -0.2) is 13.1 Å². The molecule has 13 heavy (non-hydrogen) atoms. The molecule has 1 aromatic heterocycles. The molecule has 0 amide bonds. The predicted octanol–water partition coefficient (Wildman–Crippen LogP) is 3.07. The van der Waals surface area contributed by atoms with Crippen LogP contribution in [-0.2, 0) is 6.42 Å². The Balaban J connectivity index is 1.90. The van der Waals surface area contributed by atoms with Crippen LogP contribution in [0.2, 0.25) is 0 Å².